The van der Waals surface area contributed by atoms with Gasteiger partial charge in [0.15, 0.2) is 8.32 Å². The Kier molecular flexibility index (Phi) is 7.98. The topological polar surface area (TPSA) is 9.23 Å². The van der Waals surface area contributed by atoms with Crippen molar-refractivity contribution in [2.45, 2.75) is 38.9 Å². The zero-order valence-corrected chi connectivity index (χ0v) is 8.03. The molecule has 0 radical (unpaired) electrons. The van der Waals surface area contributed by atoms with Crippen LogP contribution in [0.15, 0.2) is 0 Å². The second-order valence-corrected chi connectivity index (χ2v) is 7.34. The summed E-state index contributed by atoms with van der Waals surface area (Å²) in [6.07, 6.45) is 0. The molecular formula is C7H22OSi2. The van der Waals surface area contributed by atoms with Crippen LogP contribution < -0.4 is 0 Å². The number of rotatable bonds is 4. The molecule has 0 rings (SSSR count). The summed E-state index contributed by atoms with van der Waals surface area (Å²) >= 11 is 0. The van der Waals surface area contributed by atoms with Crippen LogP contribution in [0.3, 0.4) is 0 Å². The Balaban J connectivity index is 0. The second kappa shape index (κ2) is 6.13. The van der Waals surface area contributed by atoms with Crippen molar-refractivity contribution in [2.75, 3.05) is 7.11 Å². The van der Waals surface area contributed by atoms with Crippen LogP contribution in [0.25, 0.3) is 0 Å². The minimum Gasteiger partial charge on any atom is -0.420 e. The predicted octanol–water partition coefficient (Wildman–Crippen LogP) is 1.19. The minimum absolute atomic E-state index is 0. The lowest BCUT2D eigenvalue weighted by Gasteiger charge is -2.24. The van der Waals surface area contributed by atoms with Gasteiger partial charge in [0.05, 0.1) is 0 Å². The minimum atomic E-state index is -1.19. The molecule has 0 atom stereocenters. The molecule has 0 aromatic heterocycles. The molecule has 0 saturated carbocycles. The summed E-state index contributed by atoms with van der Waals surface area (Å²) in [6, 6.07) is 3.78. The maximum atomic E-state index is 5.52. The van der Waals surface area contributed by atoms with Crippen LogP contribution >= 0.6 is 0 Å². The molecule has 0 aromatic carbocycles. The molecule has 3 heteroatoms. The third-order valence-electron chi connectivity index (χ3n) is 2.37. The molecule has 10 heavy (non-hydrogen) atoms. The molecule has 64 valence electrons. The molecule has 0 unspecified atom stereocenters. The van der Waals surface area contributed by atoms with Gasteiger partial charge in [0, 0.05) is 7.11 Å². The molecule has 0 amide bonds. The standard InChI is InChI=1S/C7H18OSi.H4Si/c1-5-9(6-2,7-3)8-4;/h5-7H2,1-4H3;1H4. The quantitative estimate of drug-likeness (QED) is 0.588. The highest BCUT2D eigenvalue weighted by atomic mass is 28.4. The summed E-state index contributed by atoms with van der Waals surface area (Å²) in [5.41, 5.74) is 0. The largest absolute Gasteiger partial charge is 0.420 e. The molecule has 0 aliphatic rings. The van der Waals surface area contributed by atoms with Crippen molar-refractivity contribution < 1.29 is 4.43 Å². The first kappa shape index (κ1) is 13.0. The summed E-state index contributed by atoms with van der Waals surface area (Å²) in [6.45, 7) is 6.72. The Morgan fingerprint density at radius 2 is 1.30 bits per heavy atom. The Labute approximate surface area is 70.3 Å². The fraction of sp³-hybridized carbons (Fsp3) is 1.00. The molecule has 0 heterocycles. The van der Waals surface area contributed by atoms with Crippen LogP contribution in [0.1, 0.15) is 20.8 Å². The average molecular weight is 178 g/mol. The number of hydrogen-bond acceptors (Lipinski definition) is 1. The van der Waals surface area contributed by atoms with Gasteiger partial charge in [-0.05, 0) is 29.1 Å². The molecule has 0 bridgehead atoms. The molecule has 0 spiro atoms. The van der Waals surface area contributed by atoms with Crippen molar-refractivity contribution in [1.29, 1.82) is 0 Å². The van der Waals surface area contributed by atoms with E-state index in [0.717, 1.165) is 0 Å². The van der Waals surface area contributed by atoms with Gasteiger partial charge >= 0.3 is 0 Å². The van der Waals surface area contributed by atoms with Crippen LogP contribution in [-0.2, 0) is 4.43 Å². The van der Waals surface area contributed by atoms with E-state index in [9.17, 15) is 0 Å². The smallest absolute Gasteiger partial charge is 0.191 e. The molecule has 0 fully saturated rings. The van der Waals surface area contributed by atoms with Crippen molar-refractivity contribution in [3.8, 4) is 0 Å². The van der Waals surface area contributed by atoms with Gasteiger partial charge in [0.1, 0.15) is 0 Å². The summed E-state index contributed by atoms with van der Waals surface area (Å²) in [4.78, 5) is 0. The summed E-state index contributed by atoms with van der Waals surface area (Å²) in [5.74, 6) is 0. The maximum Gasteiger partial charge on any atom is 0.191 e. The highest BCUT2D eigenvalue weighted by Gasteiger charge is 2.26. The van der Waals surface area contributed by atoms with Gasteiger partial charge in [0.2, 0.25) is 0 Å². The monoisotopic (exact) mass is 178 g/mol. The lowest BCUT2D eigenvalue weighted by Crippen LogP contribution is -2.33. The van der Waals surface area contributed by atoms with E-state index in [1.54, 1.807) is 0 Å². The molecule has 0 aliphatic heterocycles. The van der Waals surface area contributed by atoms with E-state index in [0.29, 0.717) is 0 Å². The van der Waals surface area contributed by atoms with Crippen molar-refractivity contribution in [3.05, 3.63) is 0 Å². The number of hydrogen-bond donors (Lipinski definition) is 0. The van der Waals surface area contributed by atoms with Crippen LogP contribution in [0.5, 0.6) is 0 Å². The van der Waals surface area contributed by atoms with Crippen molar-refractivity contribution in [3.63, 3.8) is 0 Å². The first-order chi connectivity index (χ1) is 4.24. The van der Waals surface area contributed by atoms with Gasteiger partial charge < -0.3 is 4.43 Å². The van der Waals surface area contributed by atoms with E-state index in [1.165, 1.54) is 18.1 Å². The van der Waals surface area contributed by atoms with Gasteiger partial charge in [-0.1, -0.05) is 20.8 Å². The fourth-order valence-electron chi connectivity index (χ4n) is 1.18. The average Bonchev–Trinajstić information content (AvgIpc) is 1.95. The first-order valence-corrected chi connectivity index (χ1v) is 6.32. The van der Waals surface area contributed by atoms with E-state index in [4.69, 9.17) is 4.43 Å². The Hall–Kier alpha value is 0.394. The van der Waals surface area contributed by atoms with Gasteiger partial charge in [-0.25, -0.2) is 0 Å². The van der Waals surface area contributed by atoms with E-state index in [-0.39, 0.29) is 11.0 Å². The van der Waals surface area contributed by atoms with Crippen LogP contribution in [0, 0.1) is 0 Å². The third kappa shape index (κ3) is 2.99. The van der Waals surface area contributed by atoms with Crippen molar-refractivity contribution >= 4 is 19.3 Å². The summed E-state index contributed by atoms with van der Waals surface area (Å²) in [5, 5.41) is 0. The highest BCUT2D eigenvalue weighted by Crippen LogP contribution is 2.19. The van der Waals surface area contributed by atoms with Crippen molar-refractivity contribution in [1.82, 2.24) is 0 Å². The first-order valence-electron chi connectivity index (χ1n) is 3.79. The van der Waals surface area contributed by atoms with Gasteiger partial charge in [-0.2, -0.15) is 0 Å². The van der Waals surface area contributed by atoms with E-state index < -0.39 is 8.32 Å². The van der Waals surface area contributed by atoms with E-state index in [1.807, 2.05) is 7.11 Å². The molecule has 0 aromatic rings. The normalized spacial score (nSPS) is 10.8. The Morgan fingerprint density at radius 3 is 1.30 bits per heavy atom. The van der Waals surface area contributed by atoms with Gasteiger partial charge in [0.25, 0.3) is 0 Å². The highest BCUT2D eigenvalue weighted by molar-refractivity contribution is 6.73. The summed E-state index contributed by atoms with van der Waals surface area (Å²) < 4.78 is 5.52. The Morgan fingerprint density at radius 1 is 1.00 bits per heavy atom. The third-order valence-corrected chi connectivity index (χ3v) is 7.10. The van der Waals surface area contributed by atoms with Gasteiger partial charge in [-0.15, -0.1) is 0 Å². The van der Waals surface area contributed by atoms with E-state index >= 15 is 0 Å². The zero-order valence-electron chi connectivity index (χ0n) is 7.03. The van der Waals surface area contributed by atoms with Crippen LogP contribution in [0.4, 0.5) is 0 Å². The maximum absolute atomic E-state index is 5.52. The SMILES string of the molecule is CC[Si](CC)(CC)OC.[SiH4]. The summed E-state index contributed by atoms with van der Waals surface area (Å²) in [7, 11) is 0.672. The van der Waals surface area contributed by atoms with Crippen LogP contribution in [-0.4, -0.2) is 26.4 Å². The molecule has 1 nitrogen and oxygen atoms in total. The lowest BCUT2D eigenvalue weighted by atomic mass is 10.9. The Bertz CT molecular complexity index is 54.5. The predicted molar refractivity (Wildman–Crippen MR) is 55.5 cm³/mol. The molecule has 0 N–H and O–H groups in total. The molecule has 0 saturated heterocycles. The van der Waals surface area contributed by atoms with E-state index in [2.05, 4.69) is 20.8 Å². The zero-order chi connectivity index (χ0) is 7.33. The molecular weight excluding hydrogens is 156 g/mol. The lowest BCUT2D eigenvalue weighted by molar-refractivity contribution is 0.393. The van der Waals surface area contributed by atoms with Crippen molar-refractivity contribution in [2.24, 2.45) is 0 Å². The van der Waals surface area contributed by atoms with Crippen LogP contribution in [0.2, 0.25) is 18.1 Å². The van der Waals surface area contributed by atoms with Gasteiger partial charge in [-0.3, -0.25) is 0 Å². The fourth-order valence-corrected chi connectivity index (χ4v) is 3.55. The second-order valence-electron chi connectivity index (χ2n) is 2.45. The molecule has 0 aliphatic carbocycles.